The number of carbonyl (C=O) groups excluding carboxylic acids is 2. The fourth-order valence-electron chi connectivity index (χ4n) is 7.91. The Morgan fingerprint density at radius 2 is 1.11 bits per heavy atom. The molecule has 1 amide bonds. The molecule has 0 spiro atoms. The summed E-state index contributed by atoms with van der Waals surface area (Å²) in [5, 5.41) is 64.6. The van der Waals surface area contributed by atoms with Gasteiger partial charge in [-0.25, -0.2) is 0 Å². The Balaban J connectivity index is 0.000000401. The highest BCUT2D eigenvalue weighted by molar-refractivity contribution is 5.75. The maximum Gasteiger partial charge on any atom is 0.305 e. The zero-order chi connectivity index (χ0) is 45.5. The van der Waals surface area contributed by atoms with Crippen molar-refractivity contribution in [3.63, 3.8) is 0 Å². The number of amides is 1. The maximum atomic E-state index is 11.4. The zero-order valence-electron chi connectivity index (χ0n) is 37.5. The summed E-state index contributed by atoms with van der Waals surface area (Å²) in [7, 11) is 1.39. The molecule has 62 heavy (non-hydrogen) atoms. The SMILES string of the molecule is CCN.CCNC(=O)CCC/C=C\C[C@@H]1[C@@H](/C=C/[C@H](O)CCc2ccccc2)[C@H](O)C[C@@H]1O.COC(=O)CCC/C=C\C[C@@H]1[C@@H](/C=C/[C@H](O)CCc2ccccc2)[C@H](O)C[C@@H]1O. The third-order valence-corrected chi connectivity index (χ3v) is 11.4. The second-order valence-electron chi connectivity index (χ2n) is 16.3. The van der Waals surface area contributed by atoms with E-state index in [1.807, 2.05) is 111 Å². The Kier molecular flexibility index (Phi) is 28.6. The summed E-state index contributed by atoms with van der Waals surface area (Å²) in [5.41, 5.74) is 7.22. The van der Waals surface area contributed by atoms with Gasteiger partial charge in [0.05, 0.1) is 43.7 Å². The summed E-state index contributed by atoms with van der Waals surface area (Å²) in [6.45, 7) is 5.22. The van der Waals surface area contributed by atoms with Gasteiger partial charge in [0, 0.05) is 44.1 Å². The lowest BCUT2D eigenvalue weighted by Crippen LogP contribution is -2.21. The van der Waals surface area contributed by atoms with E-state index in [0.717, 1.165) is 45.1 Å². The summed E-state index contributed by atoms with van der Waals surface area (Å²) in [5.74, 6) is -0.584. The van der Waals surface area contributed by atoms with E-state index in [0.29, 0.717) is 57.9 Å². The lowest BCUT2D eigenvalue weighted by Gasteiger charge is -2.19. The molecule has 346 valence electrons. The molecular weight excluding hydrogens is 785 g/mol. The minimum absolute atomic E-state index is 0.0581. The number of rotatable bonds is 23. The summed E-state index contributed by atoms with van der Waals surface area (Å²) in [6.07, 6.45) is 20.9. The van der Waals surface area contributed by atoms with E-state index >= 15 is 0 Å². The van der Waals surface area contributed by atoms with Gasteiger partial charge in [0.25, 0.3) is 0 Å². The second kappa shape index (κ2) is 32.7. The van der Waals surface area contributed by atoms with E-state index in [1.54, 1.807) is 12.2 Å². The molecule has 0 aliphatic heterocycles. The minimum Gasteiger partial charge on any atom is -0.469 e. The largest absolute Gasteiger partial charge is 0.469 e. The smallest absolute Gasteiger partial charge is 0.305 e. The van der Waals surface area contributed by atoms with Crippen LogP contribution in [0.3, 0.4) is 0 Å². The van der Waals surface area contributed by atoms with Crippen LogP contribution in [0.15, 0.2) is 109 Å². The number of esters is 1. The van der Waals surface area contributed by atoms with Crippen LogP contribution in [-0.4, -0.2) is 99.3 Å². The molecule has 2 aromatic rings. The van der Waals surface area contributed by atoms with Crippen molar-refractivity contribution in [2.75, 3.05) is 20.2 Å². The quantitative estimate of drug-likeness (QED) is 0.0356. The third-order valence-electron chi connectivity index (χ3n) is 11.4. The standard InChI is InChI=1S/C25H37NO4.C24H34O5.C2H7N/c1-2-26-25(30)13-9-4-3-8-12-21-22(24(29)18-23(21)28)17-16-20(27)15-14-19-10-6-5-7-11-19;1-29-24(28)12-8-3-2-7-11-20-21(23(27)17-22(20)26)16-15-19(25)14-13-18-9-5-4-6-10-18;1-2-3/h3,5-8,10-11,16-17,20-24,27-29H,2,4,9,12-15,18H2,1H3,(H,26,30);2,4-7,9-10,15-16,19-23,25-27H,3,8,11-14,17H2,1H3;2-3H2,1H3/b8-3-,17-16+;7-2-,16-15+;/t20-,21-,22-,23+,24-;19-,20-,21-,22+,23-;/m11./s1. The summed E-state index contributed by atoms with van der Waals surface area (Å²) >= 11 is 0. The fourth-order valence-corrected chi connectivity index (χ4v) is 7.91. The molecule has 0 radical (unpaired) electrons. The molecule has 0 bridgehead atoms. The van der Waals surface area contributed by atoms with Crippen molar-refractivity contribution in [1.29, 1.82) is 0 Å². The van der Waals surface area contributed by atoms with Crippen LogP contribution in [0.1, 0.15) is 102 Å². The molecular formula is C51H78N2O9. The van der Waals surface area contributed by atoms with Crippen LogP contribution in [0, 0.1) is 23.7 Å². The summed E-state index contributed by atoms with van der Waals surface area (Å²) < 4.78 is 4.61. The molecule has 11 nitrogen and oxygen atoms in total. The van der Waals surface area contributed by atoms with Crippen LogP contribution in [0.25, 0.3) is 0 Å². The normalized spacial score (nSPS) is 24.5. The van der Waals surface area contributed by atoms with E-state index in [-0.39, 0.29) is 35.5 Å². The van der Waals surface area contributed by atoms with Gasteiger partial charge < -0.3 is 46.4 Å². The number of benzene rings is 2. The number of unbranched alkanes of at least 4 members (excludes halogenated alkanes) is 2. The lowest BCUT2D eigenvalue weighted by atomic mass is 9.89. The number of nitrogens with one attached hydrogen (secondary N) is 1. The van der Waals surface area contributed by atoms with Gasteiger partial charge in [-0.2, -0.15) is 0 Å². The number of allylic oxidation sites excluding steroid dienone is 4. The maximum absolute atomic E-state index is 11.4. The van der Waals surface area contributed by atoms with Crippen molar-refractivity contribution in [3.8, 4) is 0 Å². The van der Waals surface area contributed by atoms with E-state index in [2.05, 4.69) is 10.1 Å². The molecule has 11 heteroatoms. The first kappa shape index (κ1) is 54.2. The molecule has 0 aromatic heterocycles. The fraction of sp³-hybridized carbons (Fsp3) is 0.569. The number of aliphatic hydroxyl groups is 6. The van der Waals surface area contributed by atoms with Crippen LogP contribution in [0.5, 0.6) is 0 Å². The number of hydrogen-bond donors (Lipinski definition) is 8. The van der Waals surface area contributed by atoms with Gasteiger partial charge >= 0.3 is 5.97 Å². The van der Waals surface area contributed by atoms with Crippen molar-refractivity contribution in [3.05, 3.63) is 120 Å². The molecule has 0 unspecified atom stereocenters. The van der Waals surface area contributed by atoms with E-state index in [9.17, 15) is 40.2 Å². The minimum atomic E-state index is -0.597. The van der Waals surface area contributed by atoms with E-state index in [4.69, 9.17) is 5.73 Å². The molecule has 10 atom stereocenters. The average molecular weight is 863 g/mol. The summed E-state index contributed by atoms with van der Waals surface area (Å²) in [6, 6.07) is 20.1. The van der Waals surface area contributed by atoms with Gasteiger partial charge in [-0.1, -0.05) is 116 Å². The molecule has 2 saturated carbocycles. The van der Waals surface area contributed by atoms with Crippen LogP contribution in [0.2, 0.25) is 0 Å². The topological polar surface area (TPSA) is 203 Å². The number of nitrogens with two attached hydrogens (primary N) is 1. The first-order chi connectivity index (χ1) is 29.9. The highest BCUT2D eigenvalue weighted by Crippen LogP contribution is 2.37. The predicted molar refractivity (Wildman–Crippen MR) is 248 cm³/mol. The van der Waals surface area contributed by atoms with Crippen molar-refractivity contribution in [2.24, 2.45) is 29.4 Å². The monoisotopic (exact) mass is 863 g/mol. The average Bonchev–Trinajstić information content (AvgIpc) is 3.70. The Bertz CT molecular complexity index is 1580. The Morgan fingerprint density at radius 1 is 0.694 bits per heavy atom. The highest BCUT2D eigenvalue weighted by Gasteiger charge is 2.40. The lowest BCUT2D eigenvalue weighted by molar-refractivity contribution is -0.140. The van der Waals surface area contributed by atoms with Gasteiger partial charge in [0.1, 0.15) is 0 Å². The molecule has 2 aliphatic rings. The third kappa shape index (κ3) is 22.4. The highest BCUT2D eigenvalue weighted by atomic mass is 16.5. The molecule has 2 aliphatic carbocycles. The van der Waals surface area contributed by atoms with Crippen molar-refractivity contribution < 1.29 is 45.0 Å². The molecule has 2 fully saturated rings. The molecule has 0 saturated heterocycles. The van der Waals surface area contributed by atoms with Crippen LogP contribution in [-0.2, 0) is 27.2 Å². The zero-order valence-corrected chi connectivity index (χ0v) is 37.5. The number of aliphatic hydroxyl groups excluding tert-OH is 6. The van der Waals surface area contributed by atoms with Gasteiger partial charge in [0.15, 0.2) is 0 Å². The first-order valence-electron chi connectivity index (χ1n) is 22.8. The Labute approximate surface area is 371 Å². The second-order valence-corrected chi connectivity index (χ2v) is 16.3. The first-order valence-corrected chi connectivity index (χ1v) is 22.8. The summed E-state index contributed by atoms with van der Waals surface area (Å²) in [4.78, 5) is 22.5. The Morgan fingerprint density at radius 3 is 1.52 bits per heavy atom. The van der Waals surface area contributed by atoms with Crippen molar-refractivity contribution in [2.45, 2.75) is 140 Å². The van der Waals surface area contributed by atoms with Gasteiger partial charge in [0.2, 0.25) is 5.91 Å². The van der Waals surface area contributed by atoms with Crippen molar-refractivity contribution in [1.82, 2.24) is 5.32 Å². The number of ether oxygens (including phenoxy) is 1. The molecule has 4 rings (SSSR count). The van der Waals surface area contributed by atoms with Crippen LogP contribution < -0.4 is 11.1 Å². The number of carbonyl (C=O) groups is 2. The Hall–Kier alpha value is -3.94. The number of hydrogen-bond acceptors (Lipinski definition) is 10. The van der Waals surface area contributed by atoms with E-state index in [1.165, 1.54) is 18.2 Å². The van der Waals surface area contributed by atoms with Crippen molar-refractivity contribution >= 4 is 11.9 Å². The number of methoxy groups -OCH3 is 1. The molecule has 2 aromatic carbocycles. The van der Waals surface area contributed by atoms with Gasteiger partial charge in [-0.3, -0.25) is 9.59 Å². The van der Waals surface area contributed by atoms with Crippen LogP contribution in [0.4, 0.5) is 0 Å². The number of aryl methyl sites for hydroxylation is 2. The predicted octanol–water partition coefficient (Wildman–Crippen LogP) is 6.30. The van der Waals surface area contributed by atoms with Crippen LogP contribution >= 0.6 is 0 Å². The molecule has 9 N–H and O–H groups in total. The van der Waals surface area contributed by atoms with E-state index < -0.39 is 36.6 Å². The van der Waals surface area contributed by atoms with Gasteiger partial charge in [-0.15, -0.1) is 0 Å². The van der Waals surface area contributed by atoms with Gasteiger partial charge in [-0.05, 0) is 101 Å². The molecule has 0 heterocycles.